The molecule has 0 saturated heterocycles. The summed E-state index contributed by atoms with van der Waals surface area (Å²) in [6.07, 6.45) is 59.7. The summed E-state index contributed by atoms with van der Waals surface area (Å²) >= 11 is 0. The summed E-state index contributed by atoms with van der Waals surface area (Å²) < 4.78 is 5.44. The Kier molecular flexibility index (Phi) is 48.1. The second-order valence-corrected chi connectivity index (χ2v) is 17.9. The van der Waals surface area contributed by atoms with Crippen LogP contribution in [0.25, 0.3) is 0 Å². The average molecular weight is 844 g/mol. The summed E-state index contributed by atoms with van der Waals surface area (Å²) in [6.45, 7) is 4.88. The van der Waals surface area contributed by atoms with Gasteiger partial charge in [-0.3, -0.25) is 9.59 Å². The topological polar surface area (TPSA) is 95.9 Å². The lowest BCUT2D eigenvalue weighted by atomic mass is 10.0. The molecular formula is C54H101NO5. The van der Waals surface area contributed by atoms with Crippen LogP contribution in [0.4, 0.5) is 0 Å². The predicted molar refractivity (Wildman–Crippen MR) is 259 cm³/mol. The number of ether oxygens (including phenoxy) is 1. The molecular weight excluding hydrogens is 743 g/mol. The Bertz CT molecular complexity index is 977. The molecule has 60 heavy (non-hydrogen) atoms. The minimum absolute atomic E-state index is 0.0301. The van der Waals surface area contributed by atoms with Gasteiger partial charge < -0.3 is 20.3 Å². The number of carbonyl (C=O) groups is 2. The molecule has 0 spiro atoms. The van der Waals surface area contributed by atoms with Gasteiger partial charge in [-0.2, -0.15) is 0 Å². The number of aliphatic hydroxyl groups excluding tert-OH is 2. The van der Waals surface area contributed by atoms with Gasteiger partial charge in [0, 0.05) is 12.8 Å². The zero-order valence-electron chi connectivity index (χ0n) is 39.9. The third-order valence-electron chi connectivity index (χ3n) is 11.9. The first-order valence-corrected chi connectivity index (χ1v) is 26.3. The van der Waals surface area contributed by atoms with E-state index in [-0.39, 0.29) is 18.5 Å². The Labute approximate surface area is 373 Å². The number of nitrogens with one attached hydrogen (secondary N) is 1. The number of esters is 1. The number of hydrogen-bond donors (Lipinski definition) is 3. The number of unbranched alkanes of at least 4 members (excludes halogenated alkanes) is 32. The molecule has 0 fully saturated rings. The monoisotopic (exact) mass is 844 g/mol. The van der Waals surface area contributed by atoms with Crippen LogP contribution < -0.4 is 5.32 Å². The minimum atomic E-state index is -0.678. The summed E-state index contributed by atoms with van der Waals surface area (Å²) in [5.41, 5.74) is 0. The number of carbonyl (C=O) groups excluding carboxylic acids is 2. The van der Waals surface area contributed by atoms with E-state index in [4.69, 9.17) is 4.74 Å². The molecule has 0 rings (SSSR count). The van der Waals surface area contributed by atoms with Crippen molar-refractivity contribution < 1.29 is 24.5 Å². The summed E-state index contributed by atoms with van der Waals surface area (Å²) in [5.74, 6) is -0.0886. The van der Waals surface area contributed by atoms with Crippen LogP contribution in [0.2, 0.25) is 0 Å². The zero-order valence-corrected chi connectivity index (χ0v) is 39.9. The van der Waals surface area contributed by atoms with E-state index >= 15 is 0 Å². The summed E-state index contributed by atoms with van der Waals surface area (Å²) in [7, 11) is 0. The third kappa shape index (κ3) is 45.6. The number of rotatable bonds is 48. The molecule has 0 aliphatic rings. The maximum Gasteiger partial charge on any atom is 0.305 e. The fourth-order valence-corrected chi connectivity index (χ4v) is 7.86. The highest BCUT2D eigenvalue weighted by molar-refractivity contribution is 5.76. The standard InChI is InChI=1S/C54H101NO5/c1-3-5-7-9-11-13-15-17-19-24-28-32-36-40-44-48-54(59)60-49-45-41-37-33-29-25-21-18-20-23-27-31-35-39-43-47-53(58)55-51(50-56)52(57)46-42-38-34-30-26-22-16-14-12-10-8-6-4-2/h17-19,21,25,29,51-52,56-57H,3-16,20,22-24,26-28,30-50H2,1-2H3,(H,55,58)/b19-17-,21-18-,29-25-. The van der Waals surface area contributed by atoms with E-state index in [1.807, 2.05) is 0 Å². The zero-order chi connectivity index (χ0) is 43.7. The predicted octanol–water partition coefficient (Wildman–Crippen LogP) is 15.7. The van der Waals surface area contributed by atoms with Gasteiger partial charge in [-0.15, -0.1) is 0 Å². The lowest BCUT2D eigenvalue weighted by Crippen LogP contribution is -2.45. The van der Waals surface area contributed by atoms with Crippen molar-refractivity contribution >= 4 is 11.9 Å². The molecule has 0 aliphatic heterocycles. The lowest BCUT2D eigenvalue weighted by Gasteiger charge is -2.22. The van der Waals surface area contributed by atoms with Crippen LogP contribution in [0.3, 0.4) is 0 Å². The molecule has 2 atom stereocenters. The van der Waals surface area contributed by atoms with Crippen molar-refractivity contribution in [2.45, 2.75) is 283 Å². The fourth-order valence-electron chi connectivity index (χ4n) is 7.86. The lowest BCUT2D eigenvalue weighted by molar-refractivity contribution is -0.143. The van der Waals surface area contributed by atoms with Crippen molar-refractivity contribution in [2.24, 2.45) is 0 Å². The molecule has 0 radical (unpaired) electrons. The largest absolute Gasteiger partial charge is 0.466 e. The summed E-state index contributed by atoms with van der Waals surface area (Å²) in [6, 6.07) is -0.558. The van der Waals surface area contributed by atoms with Crippen molar-refractivity contribution in [1.29, 1.82) is 0 Å². The number of aliphatic hydroxyl groups is 2. The van der Waals surface area contributed by atoms with E-state index in [0.717, 1.165) is 77.0 Å². The second-order valence-electron chi connectivity index (χ2n) is 17.9. The van der Waals surface area contributed by atoms with Crippen molar-refractivity contribution in [3.63, 3.8) is 0 Å². The van der Waals surface area contributed by atoms with Gasteiger partial charge in [0.2, 0.25) is 5.91 Å². The minimum Gasteiger partial charge on any atom is -0.466 e. The molecule has 1 amide bonds. The molecule has 0 saturated carbocycles. The average Bonchev–Trinajstić information content (AvgIpc) is 3.25. The Balaban J connectivity index is 3.53. The van der Waals surface area contributed by atoms with E-state index in [1.165, 1.54) is 161 Å². The van der Waals surface area contributed by atoms with Gasteiger partial charge in [-0.1, -0.05) is 211 Å². The molecule has 3 N–H and O–H groups in total. The maximum absolute atomic E-state index is 12.4. The van der Waals surface area contributed by atoms with Crippen LogP contribution in [-0.4, -0.2) is 47.4 Å². The molecule has 352 valence electrons. The Morgan fingerprint density at radius 2 is 0.833 bits per heavy atom. The number of hydrogen-bond acceptors (Lipinski definition) is 5. The number of allylic oxidation sites excluding steroid dienone is 6. The normalized spacial score (nSPS) is 12.9. The molecule has 0 heterocycles. The van der Waals surface area contributed by atoms with E-state index in [1.54, 1.807) is 0 Å². The highest BCUT2D eigenvalue weighted by Gasteiger charge is 2.20. The Hall–Kier alpha value is -1.92. The fraction of sp³-hybridized carbons (Fsp3) is 0.852. The number of amides is 1. The molecule has 2 unspecified atom stereocenters. The van der Waals surface area contributed by atoms with Crippen molar-refractivity contribution in [3.05, 3.63) is 36.5 Å². The first kappa shape index (κ1) is 58.1. The molecule has 0 aromatic heterocycles. The van der Waals surface area contributed by atoms with Gasteiger partial charge in [-0.25, -0.2) is 0 Å². The molecule has 0 bridgehead atoms. The van der Waals surface area contributed by atoms with Crippen LogP contribution in [0.5, 0.6) is 0 Å². The third-order valence-corrected chi connectivity index (χ3v) is 11.9. The van der Waals surface area contributed by atoms with Crippen LogP contribution in [-0.2, 0) is 14.3 Å². The summed E-state index contributed by atoms with van der Waals surface area (Å²) in [4.78, 5) is 24.4. The van der Waals surface area contributed by atoms with E-state index in [2.05, 4.69) is 55.6 Å². The second kappa shape index (κ2) is 49.7. The van der Waals surface area contributed by atoms with Crippen LogP contribution in [0.15, 0.2) is 36.5 Å². The van der Waals surface area contributed by atoms with Gasteiger partial charge in [0.15, 0.2) is 0 Å². The molecule has 0 aromatic rings. The van der Waals surface area contributed by atoms with Crippen LogP contribution >= 0.6 is 0 Å². The van der Waals surface area contributed by atoms with Crippen molar-refractivity contribution in [1.82, 2.24) is 5.32 Å². The first-order valence-electron chi connectivity index (χ1n) is 26.3. The molecule has 6 heteroatoms. The van der Waals surface area contributed by atoms with Crippen molar-refractivity contribution in [3.8, 4) is 0 Å². The Morgan fingerprint density at radius 3 is 1.28 bits per heavy atom. The molecule has 0 aromatic carbocycles. The van der Waals surface area contributed by atoms with Gasteiger partial charge in [0.05, 0.1) is 25.4 Å². The Morgan fingerprint density at radius 1 is 0.467 bits per heavy atom. The molecule has 6 nitrogen and oxygen atoms in total. The van der Waals surface area contributed by atoms with Gasteiger partial charge in [0.25, 0.3) is 0 Å². The van der Waals surface area contributed by atoms with Crippen LogP contribution in [0, 0.1) is 0 Å². The van der Waals surface area contributed by atoms with Gasteiger partial charge in [0.1, 0.15) is 0 Å². The van der Waals surface area contributed by atoms with E-state index < -0.39 is 12.1 Å². The quantitative estimate of drug-likeness (QED) is 0.0245. The maximum atomic E-state index is 12.4. The van der Waals surface area contributed by atoms with Gasteiger partial charge >= 0.3 is 5.97 Å². The highest BCUT2D eigenvalue weighted by atomic mass is 16.5. The molecule has 0 aliphatic carbocycles. The highest BCUT2D eigenvalue weighted by Crippen LogP contribution is 2.16. The van der Waals surface area contributed by atoms with E-state index in [0.29, 0.717) is 25.9 Å². The summed E-state index contributed by atoms with van der Waals surface area (Å²) in [5, 5.41) is 23.2. The van der Waals surface area contributed by atoms with E-state index in [9.17, 15) is 19.8 Å². The van der Waals surface area contributed by atoms with Gasteiger partial charge in [-0.05, 0) is 83.5 Å². The smallest absolute Gasteiger partial charge is 0.305 e. The van der Waals surface area contributed by atoms with Crippen LogP contribution in [0.1, 0.15) is 271 Å². The first-order chi connectivity index (χ1) is 29.5. The SMILES string of the molecule is CCCCCCCC/C=C\CCCCCCCC(=O)OCCCCC/C=C\C=C/CCCCCCCCC(=O)NC(CO)C(O)CCCCCCCCCCCCCCC. The van der Waals surface area contributed by atoms with Crippen molar-refractivity contribution in [2.75, 3.05) is 13.2 Å².